The standard InChI is InChI=1S/C48H86O5/c1-3-5-7-9-11-13-15-16-17-18-19-20-21-22-23-24-25-26-27-28-29-30-31-32-33-35-37-39-41-43-48(51)53-46(44-49)45-52-47(50)42-40-38-36-34-14-12-10-8-6-4-2/h5,7,11,13,16-17,19-20,46,49H,3-4,6,8-10,12,14-15,18,21-45H2,1-2H3/b7-5-,13-11-,17-16-,20-19-. The van der Waals surface area contributed by atoms with Crippen LogP contribution in [0.25, 0.3) is 0 Å². The summed E-state index contributed by atoms with van der Waals surface area (Å²) >= 11 is 0. The lowest BCUT2D eigenvalue weighted by molar-refractivity contribution is -0.161. The van der Waals surface area contributed by atoms with Gasteiger partial charge in [-0.15, -0.1) is 0 Å². The van der Waals surface area contributed by atoms with Crippen LogP contribution in [0.1, 0.15) is 226 Å². The van der Waals surface area contributed by atoms with Gasteiger partial charge in [-0.2, -0.15) is 0 Å². The van der Waals surface area contributed by atoms with E-state index in [1.54, 1.807) is 0 Å². The van der Waals surface area contributed by atoms with Crippen molar-refractivity contribution >= 4 is 11.9 Å². The summed E-state index contributed by atoms with van der Waals surface area (Å²) in [5.41, 5.74) is 0. The van der Waals surface area contributed by atoms with Crippen molar-refractivity contribution in [2.45, 2.75) is 232 Å². The lowest BCUT2D eigenvalue weighted by atomic mass is 10.0. The predicted octanol–water partition coefficient (Wildman–Crippen LogP) is 14.6. The van der Waals surface area contributed by atoms with Crippen molar-refractivity contribution in [2.75, 3.05) is 13.2 Å². The molecule has 0 fully saturated rings. The highest BCUT2D eigenvalue weighted by Gasteiger charge is 2.16. The Balaban J connectivity index is 3.45. The first-order chi connectivity index (χ1) is 26.1. The third-order valence-electron chi connectivity index (χ3n) is 9.89. The minimum Gasteiger partial charge on any atom is -0.462 e. The van der Waals surface area contributed by atoms with E-state index < -0.39 is 6.10 Å². The monoisotopic (exact) mass is 743 g/mol. The van der Waals surface area contributed by atoms with E-state index in [-0.39, 0.29) is 25.2 Å². The molecule has 0 saturated heterocycles. The quantitative estimate of drug-likeness (QED) is 0.0384. The maximum absolute atomic E-state index is 12.2. The van der Waals surface area contributed by atoms with Crippen LogP contribution < -0.4 is 0 Å². The van der Waals surface area contributed by atoms with Crippen LogP contribution in [0.4, 0.5) is 0 Å². The molecule has 53 heavy (non-hydrogen) atoms. The summed E-state index contributed by atoms with van der Waals surface area (Å²) in [5, 5.41) is 9.56. The van der Waals surface area contributed by atoms with E-state index in [9.17, 15) is 14.7 Å². The Kier molecular flexibility index (Phi) is 42.5. The van der Waals surface area contributed by atoms with Crippen LogP contribution in [0, 0.1) is 0 Å². The third kappa shape index (κ3) is 42.5. The Morgan fingerprint density at radius 3 is 1.23 bits per heavy atom. The molecule has 5 heteroatoms. The van der Waals surface area contributed by atoms with Gasteiger partial charge in [-0.3, -0.25) is 9.59 Å². The topological polar surface area (TPSA) is 72.8 Å². The number of hydrogen-bond acceptors (Lipinski definition) is 5. The van der Waals surface area contributed by atoms with Crippen molar-refractivity contribution in [3.05, 3.63) is 48.6 Å². The van der Waals surface area contributed by atoms with Crippen LogP contribution in [0.2, 0.25) is 0 Å². The average Bonchev–Trinajstić information content (AvgIpc) is 3.16. The molecule has 0 saturated carbocycles. The highest BCUT2D eigenvalue weighted by Crippen LogP contribution is 2.15. The lowest BCUT2D eigenvalue weighted by Gasteiger charge is -2.15. The smallest absolute Gasteiger partial charge is 0.306 e. The second kappa shape index (κ2) is 44.3. The minimum atomic E-state index is -0.767. The molecule has 0 bridgehead atoms. The highest BCUT2D eigenvalue weighted by atomic mass is 16.6. The van der Waals surface area contributed by atoms with E-state index in [0.29, 0.717) is 12.8 Å². The Hall–Kier alpha value is -2.14. The maximum atomic E-state index is 12.2. The van der Waals surface area contributed by atoms with Gasteiger partial charge in [-0.25, -0.2) is 0 Å². The molecule has 5 nitrogen and oxygen atoms in total. The van der Waals surface area contributed by atoms with Gasteiger partial charge in [0, 0.05) is 12.8 Å². The number of carbonyl (C=O) groups excluding carboxylic acids is 2. The maximum Gasteiger partial charge on any atom is 0.306 e. The minimum absolute atomic E-state index is 0.0625. The number of unbranched alkanes of at least 4 members (excludes halogenated alkanes) is 25. The summed E-state index contributed by atoms with van der Waals surface area (Å²) in [7, 11) is 0. The molecule has 1 atom stereocenters. The van der Waals surface area contributed by atoms with E-state index in [0.717, 1.165) is 64.2 Å². The molecular weight excluding hydrogens is 657 g/mol. The van der Waals surface area contributed by atoms with Gasteiger partial charge in [0.05, 0.1) is 6.61 Å². The lowest BCUT2D eigenvalue weighted by Crippen LogP contribution is -2.28. The van der Waals surface area contributed by atoms with Gasteiger partial charge >= 0.3 is 11.9 Å². The Bertz CT molecular complexity index is 888. The van der Waals surface area contributed by atoms with Crippen molar-refractivity contribution in [3.63, 3.8) is 0 Å². The number of rotatable bonds is 41. The predicted molar refractivity (Wildman–Crippen MR) is 228 cm³/mol. The SMILES string of the molecule is CC/C=C\C/C=C\C/C=C\C/C=C\CCCCCCCCCCCCCCCCCCC(=O)OC(CO)COC(=O)CCCCCCCCCCCC. The molecule has 0 heterocycles. The Labute approximate surface area is 328 Å². The van der Waals surface area contributed by atoms with Gasteiger partial charge in [0.25, 0.3) is 0 Å². The van der Waals surface area contributed by atoms with Crippen molar-refractivity contribution in [3.8, 4) is 0 Å². The van der Waals surface area contributed by atoms with Crippen LogP contribution >= 0.6 is 0 Å². The van der Waals surface area contributed by atoms with Crippen molar-refractivity contribution < 1.29 is 24.2 Å². The normalized spacial score (nSPS) is 12.6. The zero-order valence-corrected chi connectivity index (χ0v) is 35.0. The molecule has 0 aliphatic heterocycles. The average molecular weight is 743 g/mol. The van der Waals surface area contributed by atoms with Crippen molar-refractivity contribution in [1.29, 1.82) is 0 Å². The van der Waals surface area contributed by atoms with Crippen molar-refractivity contribution in [2.24, 2.45) is 0 Å². The second-order valence-electron chi connectivity index (χ2n) is 15.1. The summed E-state index contributed by atoms with van der Waals surface area (Å²) in [6.45, 7) is 4.02. The molecular formula is C48H86O5. The van der Waals surface area contributed by atoms with E-state index in [1.165, 1.54) is 135 Å². The summed E-state index contributed by atoms with van der Waals surface area (Å²) in [6.07, 6.45) is 56.3. The molecule has 0 rings (SSSR count). The van der Waals surface area contributed by atoms with Gasteiger partial charge in [0.2, 0.25) is 0 Å². The molecule has 0 radical (unpaired) electrons. The first kappa shape index (κ1) is 50.9. The largest absolute Gasteiger partial charge is 0.462 e. The van der Waals surface area contributed by atoms with Crippen LogP contribution in [-0.4, -0.2) is 36.4 Å². The van der Waals surface area contributed by atoms with E-state index in [1.807, 2.05) is 0 Å². The zero-order valence-electron chi connectivity index (χ0n) is 35.0. The fraction of sp³-hybridized carbons (Fsp3) is 0.792. The number of aliphatic hydroxyl groups is 1. The summed E-state index contributed by atoms with van der Waals surface area (Å²) in [4.78, 5) is 24.2. The van der Waals surface area contributed by atoms with Gasteiger partial charge in [0.1, 0.15) is 6.61 Å². The summed E-state index contributed by atoms with van der Waals surface area (Å²) in [6, 6.07) is 0. The molecule has 0 amide bonds. The van der Waals surface area contributed by atoms with Gasteiger partial charge in [-0.05, 0) is 51.4 Å². The molecule has 0 aliphatic carbocycles. The van der Waals surface area contributed by atoms with Gasteiger partial charge in [0.15, 0.2) is 6.10 Å². The number of esters is 2. The first-order valence-corrected chi connectivity index (χ1v) is 22.7. The number of hydrogen-bond donors (Lipinski definition) is 1. The van der Waals surface area contributed by atoms with Crippen LogP contribution in [-0.2, 0) is 19.1 Å². The number of aliphatic hydroxyl groups excluding tert-OH is 1. The highest BCUT2D eigenvalue weighted by molar-refractivity contribution is 5.70. The molecule has 1 N–H and O–H groups in total. The summed E-state index contributed by atoms with van der Waals surface area (Å²) < 4.78 is 10.6. The van der Waals surface area contributed by atoms with E-state index in [4.69, 9.17) is 9.47 Å². The van der Waals surface area contributed by atoms with Crippen LogP contribution in [0.5, 0.6) is 0 Å². The number of allylic oxidation sites excluding steroid dienone is 8. The summed E-state index contributed by atoms with van der Waals surface area (Å²) in [5.74, 6) is -0.586. The molecule has 0 aromatic rings. The Morgan fingerprint density at radius 1 is 0.453 bits per heavy atom. The molecule has 0 aliphatic rings. The fourth-order valence-electron chi connectivity index (χ4n) is 6.49. The molecule has 1 unspecified atom stereocenters. The second-order valence-corrected chi connectivity index (χ2v) is 15.1. The Morgan fingerprint density at radius 2 is 0.811 bits per heavy atom. The first-order valence-electron chi connectivity index (χ1n) is 22.7. The molecule has 0 spiro atoms. The molecule has 0 aromatic carbocycles. The van der Waals surface area contributed by atoms with Gasteiger partial charge < -0.3 is 14.6 Å². The number of ether oxygens (including phenoxy) is 2. The molecule has 0 aromatic heterocycles. The fourth-order valence-corrected chi connectivity index (χ4v) is 6.49. The van der Waals surface area contributed by atoms with Crippen LogP contribution in [0.15, 0.2) is 48.6 Å². The number of carbonyl (C=O) groups is 2. The van der Waals surface area contributed by atoms with E-state index >= 15 is 0 Å². The van der Waals surface area contributed by atoms with E-state index in [2.05, 4.69) is 62.5 Å². The molecule has 308 valence electrons. The van der Waals surface area contributed by atoms with Crippen molar-refractivity contribution in [1.82, 2.24) is 0 Å². The van der Waals surface area contributed by atoms with Gasteiger partial charge in [-0.1, -0.05) is 210 Å². The zero-order chi connectivity index (χ0) is 38.6. The third-order valence-corrected chi connectivity index (χ3v) is 9.89. The van der Waals surface area contributed by atoms with Crippen LogP contribution in [0.3, 0.4) is 0 Å².